The van der Waals surface area contributed by atoms with Crippen LogP contribution in [0, 0.1) is 0 Å². The highest BCUT2D eigenvalue weighted by Crippen LogP contribution is 2.12. The zero-order valence-corrected chi connectivity index (χ0v) is 15.1. The lowest BCUT2D eigenvalue weighted by Gasteiger charge is -2.02. The first kappa shape index (κ1) is 21.0. The molecule has 0 bridgehead atoms. The Morgan fingerprint density at radius 3 is 1.64 bits per heavy atom. The van der Waals surface area contributed by atoms with Gasteiger partial charge in [0.15, 0.2) is 0 Å². The second-order valence-corrected chi connectivity index (χ2v) is 6.06. The van der Waals surface area contributed by atoms with E-state index in [1.54, 1.807) is 13.4 Å². The summed E-state index contributed by atoms with van der Waals surface area (Å²) in [5, 5.41) is 0. The van der Waals surface area contributed by atoms with E-state index in [-0.39, 0.29) is 0 Å². The van der Waals surface area contributed by atoms with E-state index < -0.39 is 0 Å². The van der Waals surface area contributed by atoms with Gasteiger partial charge in [-0.15, -0.1) is 0 Å². The Labute approximate surface area is 139 Å². The second kappa shape index (κ2) is 20.0. The molecule has 22 heavy (non-hydrogen) atoms. The molecule has 0 amide bonds. The molecule has 0 aliphatic heterocycles. The summed E-state index contributed by atoms with van der Waals surface area (Å²) in [7, 11) is 1.66. The Kier molecular flexibility index (Phi) is 19.1. The van der Waals surface area contributed by atoms with E-state index in [0.29, 0.717) is 0 Å². The van der Waals surface area contributed by atoms with Crippen LogP contribution in [0.1, 0.15) is 90.4 Å². The summed E-state index contributed by atoms with van der Waals surface area (Å²) in [6.07, 6.45) is 30.2. The van der Waals surface area contributed by atoms with Gasteiger partial charge in [0.25, 0.3) is 0 Å². The predicted octanol–water partition coefficient (Wildman–Crippen LogP) is 7.35. The average molecular weight is 307 g/mol. The second-order valence-electron chi connectivity index (χ2n) is 6.06. The third-order valence-electron chi connectivity index (χ3n) is 3.91. The maximum atomic E-state index is 4.81. The Bertz CT molecular complexity index is 276. The van der Waals surface area contributed by atoms with Crippen LogP contribution in [0.5, 0.6) is 0 Å². The van der Waals surface area contributed by atoms with E-state index in [2.05, 4.69) is 25.2 Å². The summed E-state index contributed by atoms with van der Waals surface area (Å²) in [5.74, 6) is 0. The van der Waals surface area contributed by atoms with Gasteiger partial charge in [-0.2, -0.15) is 0 Å². The van der Waals surface area contributed by atoms with Crippen molar-refractivity contribution in [1.82, 2.24) is 0 Å². The van der Waals surface area contributed by atoms with Crippen LogP contribution in [0.4, 0.5) is 0 Å². The molecule has 0 N–H and O–H groups in total. The summed E-state index contributed by atoms with van der Waals surface area (Å²) in [5.41, 5.74) is 0. The fraction of sp³-hybridized carbons (Fsp3) is 0.714. The molecule has 0 aliphatic rings. The third kappa shape index (κ3) is 19.0. The van der Waals surface area contributed by atoms with Gasteiger partial charge in [0.2, 0.25) is 0 Å². The average Bonchev–Trinajstić information content (AvgIpc) is 2.54. The van der Waals surface area contributed by atoms with Gasteiger partial charge in [-0.05, 0) is 18.9 Å². The van der Waals surface area contributed by atoms with Gasteiger partial charge in [0.05, 0.1) is 13.4 Å². The first-order valence-corrected chi connectivity index (χ1v) is 9.43. The lowest BCUT2D eigenvalue weighted by Crippen LogP contribution is -1.82. The van der Waals surface area contributed by atoms with E-state index in [4.69, 9.17) is 4.74 Å². The Morgan fingerprint density at radius 2 is 1.09 bits per heavy atom. The zero-order valence-electron chi connectivity index (χ0n) is 15.1. The normalized spacial score (nSPS) is 12.1. The fourth-order valence-electron chi connectivity index (χ4n) is 2.53. The van der Waals surface area contributed by atoms with E-state index >= 15 is 0 Å². The molecule has 0 aromatic carbocycles. The zero-order chi connectivity index (χ0) is 16.1. The maximum Gasteiger partial charge on any atom is 0.0824 e. The summed E-state index contributed by atoms with van der Waals surface area (Å²) >= 11 is 0. The first-order chi connectivity index (χ1) is 10.9. The van der Waals surface area contributed by atoms with Crippen molar-refractivity contribution in [1.29, 1.82) is 0 Å². The fourth-order valence-corrected chi connectivity index (χ4v) is 2.53. The van der Waals surface area contributed by atoms with E-state index in [9.17, 15) is 0 Å². The van der Waals surface area contributed by atoms with Crippen LogP contribution in [0.3, 0.4) is 0 Å². The van der Waals surface area contributed by atoms with Crippen molar-refractivity contribution >= 4 is 0 Å². The largest absolute Gasteiger partial charge is 0.504 e. The molecule has 0 fully saturated rings. The highest BCUT2D eigenvalue weighted by Gasteiger charge is 1.92. The quantitative estimate of drug-likeness (QED) is 0.164. The highest BCUT2D eigenvalue weighted by molar-refractivity contribution is 5.09. The Morgan fingerprint density at radius 1 is 0.591 bits per heavy atom. The molecule has 0 heterocycles. The molecule has 0 saturated carbocycles. The van der Waals surface area contributed by atoms with Gasteiger partial charge in [0.1, 0.15) is 0 Å². The topological polar surface area (TPSA) is 9.23 Å². The van der Waals surface area contributed by atoms with Crippen molar-refractivity contribution in [2.75, 3.05) is 7.11 Å². The molecule has 1 heteroatoms. The molecule has 0 rings (SSSR count). The highest BCUT2D eigenvalue weighted by atomic mass is 16.5. The van der Waals surface area contributed by atoms with Crippen LogP contribution in [-0.4, -0.2) is 7.11 Å². The molecule has 0 aromatic heterocycles. The Hall–Kier alpha value is -0.980. The molecule has 0 atom stereocenters. The predicted molar refractivity (Wildman–Crippen MR) is 100 cm³/mol. The van der Waals surface area contributed by atoms with Gasteiger partial charge < -0.3 is 4.74 Å². The molecule has 0 aromatic rings. The molecule has 0 aliphatic carbocycles. The monoisotopic (exact) mass is 306 g/mol. The van der Waals surface area contributed by atoms with Gasteiger partial charge in [-0.1, -0.05) is 102 Å². The van der Waals surface area contributed by atoms with Crippen LogP contribution >= 0.6 is 0 Å². The van der Waals surface area contributed by atoms with Gasteiger partial charge in [-0.3, -0.25) is 0 Å². The molecule has 0 radical (unpaired) electrons. The molecule has 0 unspecified atom stereocenters. The van der Waals surface area contributed by atoms with Crippen molar-refractivity contribution in [2.45, 2.75) is 90.4 Å². The van der Waals surface area contributed by atoms with Crippen LogP contribution in [0.2, 0.25) is 0 Å². The van der Waals surface area contributed by atoms with E-state index in [1.165, 1.54) is 83.5 Å². The number of unbranched alkanes of at least 4 members (excludes halogenated alkanes) is 12. The summed E-state index contributed by atoms with van der Waals surface area (Å²) in [6.45, 7) is 2.28. The minimum atomic E-state index is 1.20. The number of hydrogen-bond acceptors (Lipinski definition) is 1. The van der Waals surface area contributed by atoms with Crippen LogP contribution in [-0.2, 0) is 4.74 Å². The van der Waals surface area contributed by atoms with Crippen LogP contribution < -0.4 is 0 Å². The van der Waals surface area contributed by atoms with E-state index in [0.717, 1.165) is 0 Å². The van der Waals surface area contributed by atoms with E-state index in [1.807, 2.05) is 12.2 Å². The first-order valence-electron chi connectivity index (χ1n) is 9.43. The standard InChI is InChI=1S/C21H38O/c1-3-4-5-6-7-8-9-10-11-12-13-14-15-16-17-18-19-20-21-22-2/h16-21H,3-15H2,1-2H3/b17-16+,19-18+,21-20+. The minimum absolute atomic E-state index is 1.20. The number of ether oxygens (including phenoxy) is 1. The molecule has 0 saturated heterocycles. The lowest BCUT2D eigenvalue weighted by atomic mass is 10.0. The third-order valence-corrected chi connectivity index (χ3v) is 3.91. The van der Waals surface area contributed by atoms with Crippen LogP contribution in [0.25, 0.3) is 0 Å². The molecule has 0 spiro atoms. The van der Waals surface area contributed by atoms with Crippen molar-refractivity contribution in [3.63, 3.8) is 0 Å². The molecule has 128 valence electrons. The van der Waals surface area contributed by atoms with Crippen molar-refractivity contribution < 1.29 is 4.74 Å². The van der Waals surface area contributed by atoms with Gasteiger partial charge in [0, 0.05) is 0 Å². The minimum Gasteiger partial charge on any atom is -0.504 e. The molecule has 1 nitrogen and oxygen atoms in total. The van der Waals surface area contributed by atoms with Crippen LogP contribution in [0.15, 0.2) is 36.6 Å². The molecular weight excluding hydrogens is 268 g/mol. The number of rotatable bonds is 16. The summed E-state index contributed by atoms with van der Waals surface area (Å²) < 4.78 is 4.81. The SMILES string of the molecule is CCCCCCCCCCCCCC/C=C/C=C/C=C/OC. The van der Waals surface area contributed by atoms with Gasteiger partial charge in [-0.25, -0.2) is 0 Å². The number of allylic oxidation sites excluding steroid dienone is 5. The van der Waals surface area contributed by atoms with Crippen molar-refractivity contribution in [2.24, 2.45) is 0 Å². The molecular formula is C21H38O. The van der Waals surface area contributed by atoms with Crippen molar-refractivity contribution in [3.05, 3.63) is 36.6 Å². The Balaban J connectivity index is 3.12. The number of hydrogen-bond donors (Lipinski definition) is 0. The maximum absolute atomic E-state index is 4.81. The summed E-state index contributed by atoms with van der Waals surface area (Å²) in [6, 6.07) is 0. The summed E-state index contributed by atoms with van der Waals surface area (Å²) in [4.78, 5) is 0. The smallest absolute Gasteiger partial charge is 0.0824 e. The number of methoxy groups -OCH3 is 1. The van der Waals surface area contributed by atoms with Gasteiger partial charge >= 0.3 is 0 Å². The van der Waals surface area contributed by atoms with Crippen molar-refractivity contribution in [3.8, 4) is 0 Å². The lowest BCUT2D eigenvalue weighted by molar-refractivity contribution is 0.338.